The number of rotatable bonds is 8. The molecule has 0 spiro atoms. The predicted molar refractivity (Wildman–Crippen MR) is 144 cm³/mol. The van der Waals surface area contributed by atoms with Gasteiger partial charge in [-0.25, -0.2) is 0 Å². The Bertz CT molecular complexity index is 1360. The fourth-order valence-corrected chi connectivity index (χ4v) is 4.76. The average molecular weight is 554 g/mol. The molecule has 0 aliphatic carbocycles. The fourth-order valence-electron chi connectivity index (χ4n) is 4.76. The highest BCUT2D eigenvalue weighted by atomic mass is 19.4. The van der Waals surface area contributed by atoms with E-state index in [0.29, 0.717) is 12.8 Å². The first-order valence-corrected chi connectivity index (χ1v) is 12.9. The first-order chi connectivity index (χ1) is 19.0. The molecule has 2 unspecified atom stereocenters. The Morgan fingerprint density at radius 1 is 0.975 bits per heavy atom. The van der Waals surface area contributed by atoms with Crippen LogP contribution >= 0.6 is 0 Å². The van der Waals surface area contributed by atoms with E-state index in [1.165, 1.54) is 18.2 Å². The molecule has 3 aromatic carbocycles. The lowest BCUT2D eigenvalue weighted by molar-refractivity contribution is -0.274. The first-order valence-electron chi connectivity index (χ1n) is 12.9. The maximum Gasteiger partial charge on any atom is 0.573 e. The van der Waals surface area contributed by atoms with Gasteiger partial charge in [0.05, 0.1) is 0 Å². The third kappa shape index (κ3) is 6.99. The maximum absolute atomic E-state index is 13.6. The molecule has 2 N–H and O–H groups in total. The molecular formula is C30H30F3N3O4. The van der Waals surface area contributed by atoms with E-state index in [4.69, 9.17) is 0 Å². The monoisotopic (exact) mass is 553 g/mol. The second kappa shape index (κ2) is 12.2. The number of benzene rings is 3. The summed E-state index contributed by atoms with van der Waals surface area (Å²) in [5, 5.41) is 5.40. The Morgan fingerprint density at radius 3 is 2.33 bits per heavy atom. The molecule has 210 valence electrons. The van der Waals surface area contributed by atoms with E-state index in [0.717, 1.165) is 17.3 Å². The average Bonchev–Trinajstić information content (AvgIpc) is 3.05. The van der Waals surface area contributed by atoms with E-state index in [1.54, 1.807) is 35.2 Å². The van der Waals surface area contributed by atoms with Crippen LogP contribution in [0.3, 0.4) is 0 Å². The second-order valence-electron chi connectivity index (χ2n) is 9.78. The molecule has 10 heteroatoms. The van der Waals surface area contributed by atoms with Gasteiger partial charge in [-0.15, -0.1) is 13.2 Å². The number of hydrogen-bond acceptors (Lipinski definition) is 4. The van der Waals surface area contributed by atoms with Crippen LogP contribution in [0.15, 0.2) is 78.9 Å². The van der Waals surface area contributed by atoms with Crippen molar-refractivity contribution in [2.24, 2.45) is 0 Å². The van der Waals surface area contributed by atoms with Crippen LogP contribution in [0.5, 0.6) is 5.75 Å². The van der Waals surface area contributed by atoms with Crippen LogP contribution in [0.25, 0.3) is 0 Å². The highest BCUT2D eigenvalue weighted by Crippen LogP contribution is 2.30. The SMILES string of the molecule is CC(C)N1C(=O)C(NC(=O)C(Cc2ccccc2OC(F)(F)F)NC(=O)c2ccccc2)CCc2ccccc21. The quantitative estimate of drug-likeness (QED) is 0.420. The molecule has 0 saturated carbocycles. The van der Waals surface area contributed by atoms with E-state index in [2.05, 4.69) is 15.4 Å². The summed E-state index contributed by atoms with van der Waals surface area (Å²) in [7, 11) is 0. The Morgan fingerprint density at radius 2 is 1.62 bits per heavy atom. The number of fused-ring (bicyclic) bond motifs is 1. The molecular weight excluding hydrogens is 523 g/mol. The summed E-state index contributed by atoms with van der Waals surface area (Å²) in [6.07, 6.45) is -4.40. The van der Waals surface area contributed by atoms with Crippen LogP contribution in [0.1, 0.15) is 41.8 Å². The minimum atomic E-state index is -4.94. The van der Waals surface area contributed by atoms with Crippen LogP contribution in [-0.2, 0) is 22.4 Å². The van der Waals surface area contributed by atoms with Crippen molar-refractivity contribution in [1.29, 1.82) is 0 Å². The lowest BCUT2D eigenvalue weighted by Gasteiger charge is -2.30. The number of carbonyl (C=O) groups is 3. The fraction of sp³-hybridized carbons (Fsp3) is 0.300. The van der Waals surface area contributed by atoms with Crippen molar-refractivity contribution in [3.05, 3.63) is 95.6 Å². The van der Waals surface area contributed by atoms with Crippen molar-refractivity contribution >= 4 is 23.4 Å². The molecule has 0 saturated heterocycles. The number of carbonyl (C=O) groups excluding carboxylic acids is 3. The van der Waals surface area contributed by atoms with Gasteiger partial charge < -0.3 is 20.3 Å². The topological polar surface area (TPSA) is 87.7 Å². The van der Waals surface area contributed by atoms with Gasteiger partial charge in [0.15, 0.2) is 0 Å². The number of nitrogens with one attached hydrogen (secondary N) is 2. The third-order valence-corrected chi connectivity index (χ3v) is 6.60. The summed E-state index contributed by atoms with van der Waals surface area (Å²) in [6.45, 7) is 3.75. The molecule has 4 rings (SSSR count). The summed E-state index contributed by atoms with van der Waals surface area (Å²) in [4.78, 5) is 41.9. The second-order valence-corrected chi connectivity index (χ2v) is 9.78. The first kappa shape index (κ1) is 28.7. The van der Waals surface area contributed by atoms with Crippen molar-refractivity contribution in [3.8, 4) is 5.75 Å². The zero-order valence-electron chi connectivity index (χ0n) is 22.1. The van der Waals surface area contributed by atoms with Gasteiger partial charge >= 0.3 is 6.36 Å². The van der Waals surface area contributed by atoms with Crippen LogP contribution < -0.4 is 20.3 Å². The molecule has 0 radical (unpaired) electrons. The summed E-state index contributed by atoms with van der Waals surface area (Å²) in [6, 6.07) is 18.7. The number of ether oxygens (including phenoxy) is 1. The van der Waals surface area contributed by atoms with Gasteiger partial charge in [0.1, 0.15) is 17.8 Å². The zero-order valence-corrected chi connectivity index (χ0v) is 22.1. The van der Waals surface area contributed by atoms with Crippen LogP contribution in [0.4, 0.5) is 18.9 Å². The standard InChI is InChI=1S/C30H30F3N3O4/c1-19(2)36-25-14-8-6-10-20(25)16-17-23(29(36)39)34-28(38)24(35-27(37)21-11-4-3-5-12-21)18-22-13-7-9-15-26(22)40-30(31,32)33/h3-15,19,23-24H,16-18H2,1-2H3,(H,34,38)(H,35,37). The number of aryl methyl sites for hydroxylation is 1. The van der Waals surface area contributed by atoms with E-state index >= 15 is 0 Å². The Labute approximate surface area is 230 Å². The molecule has 2 atom stereocenters. The smallest absolute Gasteiger partial charge is 0.406 e. The molecule has 40 heavy (non-hydrogen) atoms. The molecule has 3 amide bonds. The van der Waals surface area contributed by atoms with Gasteiger partial charge in [-0.05, 0) is 62.1 Å². The van der Waals surface area contributed by atoms with Gasteiger partial charge in [0, 0.05) is 23.7 Å². The highest BCUT2D eigenvalue weighted by Gasteiger charge is 2.36. The molecule has 0 aromatic heterocycles. The van der Waals surface area contributed by atoms with Crippen molar-refractivity contribution in [1.82, 2.24) is 10.6 Å². The van der Waals surface area contributed by atoms with Crippen molar-refractivity contribution < 1.29 is 32.3 Å². The van der Waals surface area contributed by atoms with Gasteiger partial charge in [-0.3, -0.25) is 14.4 Å². The van der Waals surface area contributed by atoms with Crippen molar-refractivity contribution in [3.63, 3.8) is 0 Å². The lowest BCUT2D eigenvalue weighted by atomic mass is 10.0. The predicted octanol–water partition coefficient (Wildman–Crippen LogP) is 4.80. The van der Waals surface area contributed by atoms with Crippen LogP contribution in [0.2, 0.25) is 0 Å². The number of amides is 3. The molecule has 1 aliphatic rings. The minimum Gasteiger partial charge on any atom is -0.406 e. The molecule has 0 bridgehead atoms. The van der Waals surface area contributed by atoms with Gasteiger partial charge in [0.25, 0.3) is 5.91 Å². The normalized spacial score (nSPS) is 16.1. The highest BCUT2D eigenvalue weighted by molar-refractivity contribution is 6.02. The molecule has 1 aliphatic heterocycles. The number of para-hydroxylation sites is 2. The van der Waals surface area contributed by atoms with E-state index in [9.17, 15) is 27.6 Å². The van der Waals surface area contributed by atoms with Crippen molar-refractivity contribution in [2.75, 3.05) is 4.90 Å². The van der Waals surface area contributed by atoms with E-state index < -0.39 is 36.0 Å². The van der Waals surface area contributed by atoms with Crippen molar-refractivity contribution in [2.45, 2.75) is 57.6 Å². The number of hydrogen-bond donors (Lipinski definition) is 2. The summed E-state index contributed by atoms with van der Waals surface area (Å²) >= 11 is 0. The van der Waals surface area contributed by atoms with Gasteiger partial charge in [-0.1, -0.05) is 54.6 Å². The third-order valence-electron chi connectivity index (χ3n) is 6.60. The Hall–Kier alpha value is -4.34. The van der Waals surface area contributed by atoms with E-state index in [1.807, 2.05) is 38.1 Å². The number of anilines is 1. The van der Waals surface area contributed by atoms with Gasteiger partial charge in [0.2, 0.25) is 11.8 Å². The summed E-state index contributed by atoms with van der Waals surface area (Å²) < 4.78 is 43.3. The minimum absolute atomic E-state index is 0.0664. The van der Waals surface area contributed by atoms with Gasteiger partial charge in [-0.2, -0.15) is 0 Å². The van der Waals surface area contributed by atoms with Crippen LogP contribution in [-0.4, -0.2) is 42.2 Å². The lowest BCUT2D eigenvalue weighted by Crippen LogP contribution is -2.55. The number of halogens is 3. The Kier molecular flexibility index (Phi) is 8.77. The number of nitrogens with zero attached hydrogens (tertiary/aromatic N) is 1. The molecule has 3 aromatic rings. The summed E-state index contributed by atoms with van der Waals surface area (Å²) in [5.41, 5.74) is 2.07. The summed E-state index contributed by atoms with van der Waals surface area (Å²) in [5.74, 6) is -2.06. The Balaban J connectivity index is 1.61. The molecule has 0 fully saturated rings. The van der Waals surface area contributed by atoms with E-state index in [-0.39, 0.29) is 29.5 Å². The molecule has 1 heterocycles. The van der Waals surface area contributed by atoms with Crippen LogP contribution in [0, 0.1) is 0 Å². The number of alkyl halides is 3. The maximum atomic E-state index is 13.6. The molecule has 7 nitrogen and oxygen atoms in total. The largest absolute Gasteiger partial charge is 0.573 e. The zero-order chi connectivity index (χ0) is 28.9.